The molecule has 1 saturated carbocycles. The van der Waals surface area contributed by atoms with Crippen LogP contribution in [0.4, 0.5) is 0 Å². The second-order valence-electron chi connectivity index (χ2n) is 9.18. The van der Waals surface area contributed by atoms with Gasteiger partial charge in [0, 0.05) is 23.4 Å². The zero-order valence-electron chi connectivity index (χ0n) is 20.4. The molecule has 0 saturated heterocycles. The number of nitrogens with one attached hydrogen (secondary N) is 1. The first-order valence-electron chi connectivity index (χ1n) is 12.4. The molecule has 1 amide bonds. The normalized spacial score (nSPS) is 17.4. The maximum atomic E-state index is 12.6. The Hall–Kier alpha value is -3.45. The molecule has 1 aromatic heterocycles. The minimum absolute atomic E-state index is 0.0154. The molecule has 188 valence electrons. The van der Waals surface area contributed by atoms with Gasteiger partial charge < -0.3 is 15.2 Å². The minimum Gasteiger partial charge on any atom is -0.490 e. The Morgan fingerprint density at radius 2 is 1.69 bits per heavy atom. The number of rotatable bonds is 10. The maximum Gasteiger partial charge on any atom is 0.306 e. The third kappa shape index (κ3) is 6.61. The Bertz CT molecular complexity index is 1190. The fourth-order valence-corrected chi connectivity index (χ4v) is 5.48. The maximum absolute atomic E-state index is 12.6. The Morgan fingerprint density at radius 1 is 1.00 bits per heavy atom. The van der Waals surface area contributed by atoms with Gasteiger partial charge in [0.1, 0.15) is 5.75 Å². The molecule has 1 heterocycles. The Kier molecular flexibility index (Phi) is 8.54. The molecule has 0 aliphatic heterocycles. The average Bonchev–Trinajstić information content (AvgIpc) is 3.29. The molecule has 0 atom stereocenters. The number of Topliss-reactive ketones (excluding diaryl/α,β-unsaturated/α-hetero) is 1. The van der Waals surface area contributed by atoms with Crippen LogP contribution in [0.5, 0.6) is 5.75 Å². The van der Waals surface area contributed by atoms with E-state index < -0.39 is 5.97 Å². The number of thiophene rings is 1. The SMILES string of the molecule is Cc1sc(C(=O)NCCCC(=O)c2ccc(OC3CCC(C(=O)O)CC3)cc2)cc1-c1ccccc1. The number of carbonyl (C=O) groups is 3. The standard InChI is InChI=1S/C29H31NO5S/c1-19-25(20-6-3-2-4-7-20)18-27(36-19)28(32)30-17-5-8-26(31)21-9-13-23(14-10-21)35-24-15-11-22(12-16-24)29(33)34/h2-4,6-7,9-10,13-14,18,22,24H,5,8,11-12,15-17H2,1H3,(H,30,32)(H,33,34). The van der Waals surface area contributed by atoms with Crippen molar-refractivity contribution in [2.75, 3.05) is 6.54 Å². The molecule has 36 heavy (non-hydrogen) atoms. The lowest BCUT2D eigenvalue weighted by Gasteiger charge is -2.26. The largest absolute Gasteiger partial charge is 0.490 e. The van der Waals surface area contributed by atoms with E-state index in [1.54, 1.807) is 24.3 Å². The summed E-state index contributed by atoms with van der Waals surface area (Å²) in [6, 6.07) is 19.1. The highest BCUT2D eigenvalue weighted by Gasteiger charge is 2.26. The molecule has 1 aliphatic carbocycles. The van der Waals surface area contributed by atoms with Gasteiger partial charge >= 0.3 is 5.97 Å². The van der Waals surface area contributed by atoms with Crippen molar-refractivity contribution in [3.8, 4) is 16.9 Å². The van der Waals surface area contributed by atoms with Gasteiger partial charge in [0.05, 0.1) is 16.9 Å². The van der Waals surface area contributed by atoms with E-state index in [0.29, 0.717) is 48.4 Å². The number of carbonyl (C=O) groups excluding carboxylic acids is 2. The highest BCUT2D eigenvalue weighted by Crippen LogP contribution is 2.31. The summed E-state index contributed by atoms with van der Waals surface area (Å²) in [5.74, 6) is -0.392. The van der Waals surface area contributed by atoms with Gasteiger partial charge in [-0.3, -0.25) is 14.4 Å². The number of aryl methyl sites for hydroxylation is 1. The number of ether oxygens (including phenoxy) is 1. The van der Waals surface area contributed by atoms with Crippen molar-refractivity contribution < 1.29 is 24.2 Å². The number of ketones is 1. The Morgan fingerprint density at radius 3 is 2.36 bits per heavy atom. The van der Waals surface area contributed by atoms with Crippen molar-refractivity contribution in [1.29, 1.82) is 0 Å². The lowest BCUT2D eigenvalue weighted by atomic mass is 9.87. The molecular weight excluding hydrogens is 474 g/mol. The lowest BCUT2D eigenvalue weighted by molar-refractivity contribution is -0.143. The first-order chi connectivity index (χ1) is 17.4. The van der Waals surface area contributed by atoms with E-state index in [9.17, 15) is 14.4 Å². The van der Waals surface area contributed by atoms with E-state index in [2.05, 4.69) is 5.32 Å². The van der Waals surface area contributed by atoms with Gasteiger partial charge in [-0.25, -0.2) is 0 Å². The smallest absolute Gasteiger partial charge is 0.306 e. The zero-order valence-corrected chi connectivity index (χ0v) is 21.2. The molecule has 0 unspecified atom stereocenters. The molecule has 1 fully saturated rings. The molecule has 0 spiro atoms. The van der Waals surface area contributed by atoms with Crippen LogP contribution in [0.15, 0.2) is 60.7 Å². The van der Waals surface area contributed by atoms with Crippen molar-refractivity contribution >= 4 is 29.0 Å². The molecule has 2 N–H and O–H groups in total. The van der Waals surface area contributed by atoms with E-state index in [0.717, 1.165) is 28.8 Å². The van der Waals surface area contributed by atoms with Crippen LogP contribution in [0.3, 0.4) is 0 Å². The molecule has 6 nitrogen and oxygen atoms in total. The number of benzene rings is 2. The van der Waals surface area contributed by atoms with Gasteiger partial charge in [-0.1, -0.05) is 30.3 Å². The molecular formula is C29H31NO5S. The van der Waals surface area contributed by atoms with E-state index >= 15 is 0 Å². The summed E-state index contributed by atoms with van der Waals surface area (Å²) in [6.07, 6.45) is 3.64. The van der Waals surface area contributed by atoms with E-state index in [1.165, 1.54) is 11.3 Å². The lowest BCUT2D eigenvalue weighted by Crippen LogP contribution is -2.27. The number of hydrogen-bond acceptors (Lipinski definition) is 5. The highest BCUT2D eigenvalue weighted by molar-refractivity contribution is 7.14. The second kappa shape index (κ2) is 12.0. The predicted molar refractivity (Wildman–Crippen MR) is 141 cm³/mol. The van der Waals surface area contributed by atoms with Crippen molar-refractivity contribution in [3.63, 3.8) is 0 Å². The molecule has 0 radical (unpaired) electrons. The quantitative estimate of drug-likeness (QED) is 0.255. The van der Waals surface area contributed by atoms with E-state index in [-0.39, 0.29) is 23.7 Å². The fraction of sp³-hybridized carbons (Fsp3) is 0.345. The fourth-order valence-electron chi connectivity index (χ4n) is 4.52. The molecule has 1 aliphatic rings. The van der Waals surface area contributed by atoms with Crippen LogP contribution in [0.2, 0.25) is 0 Å². The van der Waals surface area contributed by atoms with Gasteiger partial charge in [-0.05, 0) is 80.5 Å². The topological polar surface area (TPSA) is 92.7 Å². The van der Waals surface area contributed by atoms with Gasteiger partial charge in [-0.15, -0.1) is 11.3 Å². The number of amides is 1. The van der Waals surface area contributed by atoms with Crippen LogP contribution >= 0.6 is 11.3 Å². The molecule has 0 bridgehead atoms. The predicted octanol–water partition coefficient (Wildman–Crippen LogP) is 6.14. The van der Waals surface area contributed by atoms with Gasteiger partial charge in [-0.2, -0.15) is 0 Å². The number of hydrogen-bond donors (Lipinski definition) is 2. The molecule has 3 aromatic rings. The minimum atomic E-state index is -0.727. The summed E-state index contributed by atoms with van der Waals surface area (Å²) < 4.78 is 5.97. The summed E-state index contributed by atoms with van der Waals surface area (Å²) in [7, 11) is 0. The summed E-state index contributed by atoms with van der Waals surface area (Å²) in [5, 5.41) is 12.0. The average molecular weight is 506 g/mol. The number of carboxylic acids is 1. The Labute approximate surface area is 215 Å². The zero-order chi connectivity index (χ0) is 25.5. The number of carboxylic acid groups (broad SMARTS) is 1. The van der Waals surface area contributed by atoms with Crippen LogP contribution in [0, 0.1) is 12.8 Å². The van der Waals surface area contributed by atoms with Gasteiger partial charge in [0.2, 0.25) is 0 Å². The van der Waals surface area contributed by atoms with Gasteiger partial charge in [0.25, 0.3) is 5.91 Å². The first kappa shape index (κ1) is 25.6. The van der Waals surface area contributed by atoms with E-state index in [1.807, 2.05) is 43.3 Å². The van der Waals surface area contributed by atoms with E-state index in [4.69, 9.17) is 9.84 Å². The first-order valence-corrected chi connectivity index (χ1v) is 13.2. The van der Waals surface area contributed by atoms with Crippen LogP contribution < -0.4 is 10.1 Å². The second-order valence-corrected chi connectivity index (χ2v) is 10.4. The Balaban J connectivity index is 1.20. The molecule has 2 aromatic carbocycles. The van der Waals surface area contributed by atoms with Crippen LogP contribution in [-0.4, -0.2) is 35.4 Å². The molecule has 4 rings (SSSR count). The van der Waals surface area contributed by atoms with Gasteiger partial charge in [0.15, 0.2) is 5.78 Å². The van der Waals surface area contributed by atoms with Crippen molar-refractivity contribution in [2.45, 2.75) is 51.6 Å². The summed E-state index contributed by atoms with van der Waals surface area (Å²) in [5.41, 5.74) is 2.78. The van der Waals surface area contributed by atoms with Crippen LogP contribution in [-0.2, 0) is 4.79 Å². The van der Waals surface area contributed by atoms with Crippen molar-refractivity contribution in [2.24, 2.45) is 5.92 Å². The third-order valence-electron chi connectivity index (χ3n) is 6.60. The highest BCUT2D eigenvalue weighted by atomic mass is 32.1. The third-order valence-corrected chi connectivity index (χ3v) is 7.64. The monoisotopic (exact) mass is 505 g/mol. The summed E-state index contributed by atoms with van der Waals surface area (Å²) in [4.78, 5) is 38.0. The number of aliphatic carboxylic acids is 1. The molecule has 7 heteroatoms. The van der Waals surface area contributed by atoms with Crippen molar-refractivity contribution in [1.82, 2.24) is 5.32 Å². The van der Waals surface area contributed by atoms with Crippen LogP contribution in [0.25, 0.3) is 11.1 Å². The van der Waals surface area contributed by atoms with Crippen LogP contribution in [0.1, 0.15) is 63.4 Å². The van der Waals surface area contributed by atoms with Crippen molar-refractivity contribution in [3.05, 3.63) is 76.0 Å². The summed E-state index contributed by atoms with van der Waals surface area (Å²) >= 11 is 1.48. The summed E-state index contributed by atoms with van der Waals surface area (Å²) in [6.45, 7) is 2.45.